The van der Waals surface area contributed by atoms with Crippen LogP contribution in [0.2, 0.25) is 5.02 Å². The highest BCUT2D eigenvalue weighted by molar-refractivity contribution is 6.33. The zero-order chi connectivity index (χ0) is 17.3. The molecule has 1 aromatic carbocycles. The second-order valence-corrected chi connectivity index (χ2v) is 6.20. The summed E-state index contributed by atoms with van der Waals surface area (Å²) < 4.78 is 13.2. The van der Waals surface area contributed by atoms with Crippen molar-refractivity contribution < 1.29 is 4.39 Å². The van der Waals surface area contributed by atoms with E-state index >= 15 is 0 Å². The number of hydrogen-bond acceptors (Lipinski definition) is 5. The van der Waals surface area contributed by atoms with E-state index in [0.29, 0.717) is 42.6 Å². The smallest absolute Gasteiger partial charge is 0.169 e. The molecule has 0 N–H and O–H groups in total. The highest BCUT2D eigenvalue weighted by Gasteiger charge is 2.23. The van der Waals surface area contributed by atoms with Crippen molar-refractivity contribution in [2.24, 2.45) is 0 Å². The van der Waals surface area contributed by atoms with Crippen molar-refractivity contribution in [2.45, 2.75) is 13.8 Å². The zero-order valence-electron chi connectivity index (χ0n) is 13.6. The second kappa shape index (κ2) is 6.62. The van der Waals surface area contributed by atoms with Crippen LogP contribution in [-0.4, -0.2) is 36.4 Å². The molecule has 124 valence electrons. The molecule has 0 amide bonds. The van der Waals surface area contributed by atoms with E-state index in [9.17, 15) is 9.65 Å². The minimum Gasteiger partial charge on any atom is -0.367 e. The normalized spacial score (nSPS) is 14.6. The van der Waals surface area contributed by atoms with Crippen molar-refractivity contribution in [1.82, 2.24) is 10.2 Å². The monoisotopic (exact) mass is 345 g/mol. The minimum atomic E-state index is -0.341. The summed E-state index contributed by atoms with van der Waals surface area (Å²) in [5.74, 6) is 0.289. The van der Waals surface area contributed by atoms with Gasteiger partial charge in [0.2, 0.25) is 0 Å². The number of anilines is 2. The number of rotatable bonds is 2. The summed E-state index contributed by atoms with van der Waals surface area (Å²) >= 11 is 6.14. The largest absolute Gasteiger partial charge is 0.367 e. The molecular formula is C17H17ClFN5. The third kappa shape index (κ3) is 3.00. The van der Waals surface area contributed by atoms with Gasteiger partial charge in [-0.3, -0.25) is 0 Å². The molecule has 5 nitrogen and oxygen atoms in total. The van der Waals surface area contributed by atoms with Crippen molar-refractivity contribution in [3.05, 3.63) is 45.9 Å². The molecule has 1 fully saturated rings. The van der Waals surface area contributed by atoms with E-state index < -0.39 is 0 Å². The minimum absolute atomic E-state index is 0.341. The zero-order valence-corrected chi connectivity index (χ0v) is 14.3. The fourth-order valence-electron chi connectivity index (χ4n) is 2.85. The first-order valence-corrected chi connectivity index (χ1v) is 8.08. The Labute approximate surface area is 145 Å². The lowest BCUT2D eigenvalue weighted by Crippen LogP contribution is -2.47. The van der Waals surface area contributed by atoms with E-state index in [1.165, 1.54) is 12.1 Å². The average molecular weight is 346 g/mol. The molecule has 1 aromatic heterocycles. The van der Waals surface area contributed by atoms with E-state index in [2.05, 4.69) is 26.1 Å². The van der Waals surface area contributed by atoms with E-state index in [4.69, 9.17) is 11.6 Å². The Hall–Kier alpha value is -2.39. The first-order chi connectivity index (χ1) is 11.5. The van der Waals surface area contributed by atoms with Gasteiger partial charge >= 0.3 is 0 Å². The Morgan fingerprint density at radius 2 is 1.79 bits per heavy atom. The van der Waals surface area contributed by atoms with Gasteiger partial charge in [0.15, 0.2) is 5.82 Å². The summed E-state index contributed by atoms with van der Waals surface area (Å²) in [5, 5.41) is 18.2. The van der Waals surface area contributed by atoms with Gasteiger partial charge in [0.25, 0.3) is 0 Å². The third-order valence-corrected chi connectivity index (χ3v) is 4.68. The Bertz CT molecular complexity index is 809. The van der Waals surface area contributed by atoms with Gasteiger partial charge in [-0.15, -0.1) is 5.10 Å². The molecule has 2 heterocycles. The van der Waals surface area contributed by atoms with Gasteiger partial charge in [0.1, 0.15) is 17.4 Å². The van der Waals surface area contributed by atoms with Crippen molar-refractivity contribution in [3.8, 4) is 6.07 Å². The molecule has 0 radical (unpaired) electrons. The molecule has 1 aliphatic heterocycles. The molecule has 0 saturated carbocycles. The van der Waals surface area contributed by atoms with Crippen LogP contribution in [0.5, 0.6) is 0 Å². The molecule has 2 aromatic rings. The Balaban J connectivity index is 1.79. The van der Waals surface area contributed by atoms with Crippen LogP contribution in [0.1, 0.15) is 16.8 Å². The average Bonchev–Trinajstić information content (AvgIpc) is 2.57. The molecule has 0 bridgehead atoms. The van der Waals surface area contributed by atoms with Crippen molar-refractivity contribution in [3.63, 3.8) is 0 Å². The Morgan fingerprint density at radius 1 is 1.12 bits per heavy atom. The summed E-state index contributed by atoms with van der Waals surface area (Å²) in [6.45, 7) is 6.55. The fraction of sp³-hybridized carbons (Fsp3) is 0.353. The highest BCUT2D eigenvalue weighted by atomic mass is 35.5. The number of halogens is 2. The first-order valence-electron chi connectivity index (χ1n) is 7.70. The predicted octanol–water partition coefficient (Wildman–Crippen LogP) is 3.08. The molecule has 7 heteroatoms. The van der Waals surface area contributed by atoms with Gasteiger partial charge in [-0.05, 0) is 37.6 Å². The summed E-state index contributed by atoms with van der Waals surface area (Å²) in [4.78, 5) is 4.17. The van der Waals surface area contributed by atoms with Crippen LogP contribution in [0.4, 0.5) is 15.9 Å². The summed E-state index contributed by atoms with van der Waals surface area (Å²) in [6.07, 6.45) is 0. The first kappa shape index (κ1) is 16.5. The predicted molar refractivity (Wildman–Crippen MR) is 92.1 cm³/mol. The maximum Gasteiger partial charge on any atom is 0.169 e. The molecule has 0 unspecified atom stereocenters. The van der Waals surface area contributed by atoms with Gasteiger partial charge in [-0.1, -0.05) is 11.6 Å². The molecule has 0 aliphatic carbocycles. The van der Waals surface area contributed by atoms with Crippen LogP contribution in [0.25, 0.3) is 0 Å². The lowest BCUT2D eigenvalue weighted by atomic mass is 10.1. The van der Waals surface area contributed by atoms with Crippen LogP contribution in [0.3, 0.4) is 0 Å². The van der Waals surface area contributed by atoms with Gasteiger partial charge in [-0.25, -0.2) is 4.39 Å². The van der Waals surface area contributed by atoms with Crippen LogP contribution in [-0.2, 0) is 0 Å². The highest BCUT2D eigenvalue weighted by Crippen LogP contribution is 2.29. The van der Waals surface area contributed by atoms with Crippen LogP contribution >= 0.6 is 11.6 Å². The standard InChI is InChI=1S/C17H17ClFN5/c1-11-12(2)21-22-17(14(11)10-20)24-7-5-23(6-8-24)16-4-3-13(19)9-15(16)18/h3-4,9H,5-8H2,1-2H3. The summed E-state index contributed by atoms with van der Waals surface area (Å²) in [6, 6.07) is 6.68. The van der Waals surface area contributed by atoms with E-state index in [1.807, 2.05) is 13.8 Å². The number of nitriles is 1. The molecule has 3 rings (SSSR count). The lowest BCUT2D eigenvalue weighted by molar-refractivity contribution is 0.623. The van der Waals surface area contributed by atoms with Gasteiger partial charge in [-0.2, -0.15) is 10.4 Å². The van der Waals surface area contributed by atoms with E-state index in [1.54, 1.807) is 6.07 Å². The third-order valence-electron chi connectivity index (χ3n) is 4.38. The quantitative estimate of drug-likeness (QED) is 0.837. The van der Waals surface area contributed by atoms with Crippen molar-refractivity contribution >= 4 is 23.1 Å². The topological polar surface area (TPSA) is 56.1 Å². The number of nitrogens with zero attached hydrogens (tertiary/aromatic N) is 5. The molecule has 1 aliphatic rings. The van der Waals surface area contributed by atoms with Gasteiger partial charge < -0.3 is 9.80 Å². The van der Waals surface area contributed by atoms with Crippen LogP contribution in [0.15, 0.2) is 18.2 Å². The van der Waals surface area contributed by atoms with Crippen LogP contribution < -0.4 is 9.80 Å². The van der Waals surface area contributed by atoms with Crippen molar-refractivity contribution in [2.75, 3.05) is 36.0 Å². The summed E-state index contributed by atoms with van der Waals surface area (Å²) in [5.41, 5.74) is 3.04. The number of piperazine rings is 1. The molecule has 0 spiro atoms. The maximum absolute atomic E-state index is 13.2. The number of aryl methyl sites for hydroxylation is 1. The maximum atomic E-state index is 13.2. The SMILES string of the molecule is Cc1nnc(N2CCN(c3ccc(F)cc3Cl)CC2)c(C#N)c1C. The number of aromatic nitrogens is 2. The Kier molecular flexibility index (Phi) is 4.54. The molecule has 0 atom stereocenters. The summed E-state index contributed by atoms with van der Waals surface area (Å²) in [7, 11) is 0. The molecule has 1 saturated heterocycles. The fourth-order valence-corrected chi connectivity index (χ4v) is 3.13. The molecule has 24 heavy (non-hydrogen) atoms. The van der Waals surface area contributed by atoms with Crippen molar-refractivity contribution in [1.29, 1.82) is 5.26 Å². The lowest BCUT2D eigenvalue weighted by Gasteiger charge is -2.37. The van der Waals surface area contributed by atoms with E-state index in [-0.39, 0.29) is 5.82 Å². The second-order valence-electron chi connectivity index (χ2n) is 5.79. The number of hydrogen-bond donors (Lipinski definition) is 0. The Morgan fingerprint density at radius 3 is 2.42 bits per heavy atom. The van der Waals surface area contributed by atoms with Gasteiger partial charge in [0.05, 0.1) is 16.4 Å². The number of benzene rings is 1. The van der Waals surface area contributed by atoms with Gasteiger partial charge in [0, 0.05) is 26.2 Å². The van der Waals surface area contributed by atoms with E-state index in [0.717, 1.165) is 16.9 Å². The molecular weight excluding hydrogens is 329 g/mol. The van der Waals surface area contributed by atoms with Crippen LogP contribution in [0, 0.1) is 31.0 Å².